The number of rotatable bonds is 6. The van der Waals surface area contributed by atoms with Gasteiger partial charge in [0, 0.05) is 19.1 Å². The zero-order valence-electron chi connectivity index (χ0n) is 14.0. The van der Waals surface area contributed by atoms with Gasteiger partial charge in [0.25, 0.3) is 0 Å². The van der Waals surface area contributed by atoms with E-state index in [9.17, 15) is 4.79 Å². The minimum Gasteiger partial charge on any atom is -0.358 e. The molecule has 1 aliphatic heterocycles. The molecule has 0 unspecified atom stereocenters. The van der Waals surface area contributed by atoms with Crippen molar-refractivity contribution in [2.24, 2.45) is 0 Å². The van der Waals surface area contributed by atoms with Crippen LogP contribution < -0.4 is 5.32 Å². The third kappa shape index (κ3) is 6.15. The van der Waals surface area contributed by atoms with Gasteiger partial charge in [-0.05, 0) is 45.1 Å². The molecular formula is C18H26N2OS2. The Hall–Kier alpha value is -1.07. The Balaban J connectivity index is 1.70. The van der Waals surface area contributed by atoms with Crippen molar-refractivity contribution in [1.29, 1.82) is 0 Å². The van der Waals surface area contributed by atoms with Crippen LogP contribution in [0.4, 0.5) is 0 Å². The number of amides is 1. The lowest BCUT2D eigenvalue weighted by Crippen LogP contribution is -2.39. The molecule has 126 valence electrons. The number of likely N-dealkylation sites (tertiary alicyclic amines) is 1. The fraction of sp³-hybridized carbons (Fsp3) is 0.556. The van der Waals surface area contributed by atoms with Crippen LogP contribution in [0, 0.1) is 0 Å². The monoisotopic (exact) mass is 350 g/mol. The fourth-order valence-electron chi connectivity index (χ4n) is 2.64. The maximum atomic E-state index is 12.3. The van der Waals surface area contributed by atoms with Crippen LogP contribution in [0.3, 0.4) is 0 Å². The molecule has 0 aliphatic carbocycles. The van der Waals surface area contributed by atoms with E-state index in [1.165, 1.54) is 30.2 Å². The van der Waals surface area contributed by atoms with Gasteiger partial charge in [-0.15, -0.1) is 0 Å². The molecule has 1 aliphatic rings. The molecule has 0 aromatic heterocycles. The molecule has 3 nitrogen and oxygen atoms in total. The molecule has 1 heterocycles. The van der Waals surface area contributed by atoms with Gasteiger partial charge in [0.2, 0.25) is 5.91 Å². The lowest BCUT2D eigenvalue weighted by atomic mass is 10.1. The molecule has 2 atom stereocenters. The van der Waals surface area contributed by atoms with Crippen molar-refractivity contribution < 1.29 is 4.79 Å². The first-order valence-electron chi connectivity index (χ1n) is 8.36. The van der Waals surface area contributed by atoms with Crippen LogP contribution in [0.25, 0.3) is 0 Å². The number of benzene rings is 1. The molecule has 1 N–H and O–H groups in total. The Bertz CT molecular complexity index is 515. The minimum absolute atomic E-state index is 0.0807. The fourth-order valence-corrected chi connectivity index (χ4v) is 4.06. The van der Waals surface area contributed by atoms with Gasteiger partial charge in [-0.1, -0.05) is 54.3 Å². The van der Waals surface area contributed by atoms with Crippen molar-refractivity contribution >= 4 is 34.2 Å². The Morgan fingerprint density at radius 1 is 1.26 bits per heavy atom. The molecule has 23 heavy (non-hydrogen) atoms. The first-order chi connectivity index (χ1) is 11.1. The standard InChI is InChI=1S/C18H26N2OS2/c1-14(10-11-16-8-4-3-5-9-16)19-17(21)15(2)23-18(22)20-12-6-7-13-20/h3-5,8-9,14-15H,6-7,10-13H2,1-2H3,(H,19,21)/t14-,15-/m1/s1. The first kappa shape index (κ1) is 18.3. The van der Waals surface area contributed by atoms with Gasteiger partial charge >= 0.3 is 0 Å². The lowest BCUT2D eigenvalue weighted by molar-refractivity contribution is -0.120. The number of thiocarbonyl (C=S) groups is 1. The highest BCUT2D eigenvalue weighted by Gasteiger charge is 2.22. The lowest BCUT2D eigenvalue weighted by Gasteiger charge is -2.21. The second-order valence-corrected chi connectivity index (χ2v) is 8.13. The summed E-state index contributed by atoms with van der Waals surface area (Å²) in [6.45, 7) is 6.07. The Morgan fingerprint density at radius 3 is 2.57 bits per heavy atom. The molecule has 1 saturated heterocycles. The van der Waals surface area contributed by atoms with E-state index < -0.39 is 0 Å². The average Bonchev–Trinajstić information content (AvgIpc) is 3.08. The number of carbonyl (C=O) groups is 1. The third-order valence-corrected chi connectivity index (χ3v) is 5.68. The normalized spacial score (nSPS) is 16.9. The second-order valence-electron chi connectivity index (χ2n) is 6.15. The van der Waals surface area contributed by atoms with E-state index in [-0.39, 0.29) is 17.2 Å². The minimum atomic E-state index is -0.137. The zero-order chi connectivity index (χ0) is 16.7. The summed E-state index contributed by atoms with van der Waals surface area (Å²) in [5.74, 6) is 0.0807. The number of nitrogens with one attached hydrogen (secondary N) is 1. The van der Waals surface area contributed by atoms with Gasteiger partial charge in [0.05, 0.1) is 5.25 Å². The molecule has 2 rings (SSSR count). The maximum absolute atomic E-state index is 12.3. The molecular weight excluding hydrogens is 324 g/mol. The number of carbonyl (C=O) groups excluding carboxylic acids is 1. The Labute approximate surface area is 149 Å². The van der Waals surface area contributed by atoms with Crippen molar-refractivity contribution in [2.75, 3.05) is 13.1 Å². The maximum Gasteiger partial charge on any atom is 0.233 e. The molecule has 0 bridgehead atoms. The highest BCUT2D eigenvalue weighted by Crippen LogP contribution is 2.20. The van der Waals surface area contributed by atoms with Crippen LogP contribution in [0.2, 0.25) is 0 Å². The summed E-state index contributed by atoms with van der Waals surface area (Å²) in [6.07, 6.45) is 4.34. The van der Waals surface area contributed by atoms with Crippen molar-refractivity contribution in [2.45, 2.75) is 50.8 Å². The first-order valence-corrected chi connectivity index (χ1v) is 9.65. The quantitative estimate of drug-likeness (QED) is 0.794. The van der Waals surface area contributed by atoms with Crippen LogP contribution in [-0.2, 0) is 11.2 Å². The Morgan fingerprint density at radius 2 is 1.91 bits per heavy atom. The molecule has 0 spiro atoms. The number of thioether (sulfide) groups is 1. The van der Waals surface area contributed by atoms with E-state index in [4.69, 9.17) is 12.2 Å². The van der Waals surface area contributed by atoms with Gasteiger partial charge in [-0.3, -0.25) is 4.79 Å². The molecule has 5 heteroatoms. The Kier molecular flexibility index (Phi) is 7.37. The summed E-state index contributed by atoms with van der Waals surface area (Å²) in [5, 5.41) is 2.97. The smallest absolute Gasteiger partial charge is 0.233 e. The van der Waals surface area contributed by atoms with Crippen LogP contribution in [-0.4, -0.2) is 39.5 Å². The van der Waals surface area contributed by atoms with E-state index in [0.717, 1.165) is 30.3 Å². The molecule has 1 fully saturated rings. The third-order valence-electron chi connectivity index (χ3n) is 4.11. The van der Waals surface area contributed by atoms with E-state index in [0.29, 0.717) is 0 Å². The van der Waals surface area contributed by atoms with E-state index >= 15 is 0 Å². The van der Waals surface area contributed by atoms with E-state index in [1.54, 1.807) is 0 Å². The number of nitrogens with zero attached hydrogens (tertiary/aromatic N) is 1. The number of aryl methyl sites for hydroxylation is 1. The van der Waals surface area contributed by atoms with Crippen molar-refractivity contribution in [3.05, 3.63) is 35.9 Å². The van der Waals surface area contributed by atoms with Gasteiger partial charge in [0.1, 0.15) is 4.32 Å². The summed E-state index contributed by atoms with van der Waals surface area (Å²) < 4.78 is 0.863. The van der Waals surface area contributed by atoms with Crippen LogP contribution >= 0.6 is 24.0 Å². The van der Waals surface area contributed by atoms with Gasteiger partial charge in [-0.25, -0.2) is 0 Å². The molecule has 1 aromatic carbocycles. The summed E-state index contributed by atoms with van der Waals surface area (Å²) in [6, 6.07) is 10.6. The highest BCUT2D eigenvalue weighted by molar-refractivity contribution is 8.23. The molecule has 0 radical (unpaired) electrons. The second kappa shape index (κ2) is 9.28. The predicted molar refractivity (Wildman–Crippen MR) is 103 cm³/mol. The van der Waals surface area contributed by atoms with Gasteiger partial charge in [-0.2, -0.15) is 0 Å². The van der Waals surface area contributed by atoms with Crippen molar-refractivity contribution in [3.8, 4) is 0 Å². The molecule has 0 saturated carbocycles. The summed E-state index contributed by atoms with van der Waals surface area (Å²) >= 11 is 6.95. The van der Waals surface area contributed by atoms with Crippen LogP contribution in [0.5, 0.6) is 0 Å². The van der Waals surface area contributed by atoms with Crippen LogP contribution in [0.1, 0.15) is 38.7 Å². The highest BCUT2D eigenvalue weighted by atomic mass is 32.2. The predicted octanol–water partition coefficient (Wildman–Crippen LogP) is 3.63. The molecule has 1 aromatic rings. The SMILES string of the molecule is C[C@H](CCc1ccccc1)NC(=O)[C@@H](C)SC(=S)N1CCCC1. The summed E-state index contributed by atoms with van der Waals surface area (Å²) in [5.41, 5.74) is 1.31. The largest absolute Gasteiger partial charge is 0.358 e. The van der Waals surface area contributed by atoms with Crippen molar-refractivity contribution in [3.63, 3.8) is 0 Å². The number of hydrogen-bond donors (Lipinski definition) is 1. The summed E-state index contributed by atoms with van der Waals surface area (Å²) in [4.78, 5) is 14.5. The van der Waals surface area contributed by atoms with Gasteiger partial charge < -0.3 is 10.2 Å². The number of hydrogen-bond acceptors (Lipinski definition) is 3. The molecule has 1 amide bonds. The summed E-state index contributed by atoms with van der Waals surface area (Å²) in [7, 11) is 0. The van der Waals surface area contributed by atoms with E-state index in [1.807, 2.05) is 13.0 Å². The van der Waals surface area contributed by atoms with E-state index in [2.05, 4.69) is 41.4 Å². The van der Waals surface area contributed by atoms with Crippen LogP contribution in [0.15, 0.2) is 30.3 Å². The topological polar surface area (TPSA) is 32.3 Å². The van der Waals surface area contributed by atoms with Crippen molar-refractivity contribution in [1.82, 2.24) is 10.2 Å². The zero-order valence-corrected chi connectivity index (χ0v) is 15.6. The van der Waals surface area contributed by atoms with Gasteiger partial charge in [0.15, 0.2) is 0 Å². The average molecular weight is 351 g/mol.